The Hall–Kier alpha value is -3.30. The predicted molar refractivity (Wildman–Crippen MR) is 144 cm³/mol. The first-order valence-corrected chi connectivity index (χ1v) is 13.5. The van der Waals surface area contributed by atoms with E-state index in [1.165, 1.54) is 24.0 Å². The zero-order valence-corrected chi connectivity index (χ0v) is 22.7. The second-order valence-corrected chi connectivity index (χ2v) is 10.7. The van der Waals surface area contributed by atoms with E-state index in [1.807, 2.05) is 18.2 Å². The molecule has 0 saturated heterocycles. The van der Waals surface area contributed by atoms with Gasteiger partial charge in [0.1, 0.15) is 5.00 Å². The number of thiophene rings is 1. The Morgan fingerprint density at radius 3 is 2.46 bits per heavy atom. The van der Waals surface area contributed by atoms with Crippen molar-refractivity contribution in [2.45, 2.75) is 38.0 Å². The maximum Gasteiger partial charge on any atom is 0.341 e. The van der Waals surface area contributed by atoms with E-state index in [0.29, 0.717) is 28.5 Å². The van der Waals surface area contributed by atoms with Crippen molar-refractivity contribution in [2.24, 2.45) is 0 Å². The molecule has 4 rings (SSSR count). The number of ketones is 1. The van der Waals surface area contributed by atoms with Crippen molar-refractivity contribution in [1.29, 1.82) is 0 Å². The number of fused-ring (bicyclic) bond motifs is 1. The number of anilines is 1. The summed E-state index contributed by atoms with van der Waals surface area (Å²) >= 11 is 4.68. The molecule has 0 aliphatic heterocycles. The van der Waals surface area contributed by atoms with Gasteiger partial charge in [-0.15, -0.1) is 11.3 Å². The van der Waals surface area contributed by atoms with Gasteiger partial charge in [-0.2, -0.15) is 0 Å². The number of hydrogen-bond donors (Lipinski definition) is 1. The molecule has 0 saturated carbocycles. The van der Waals surface area contributed by atoms with Crippen molar-refractivity contribution in [3.05, 3.63) is 86.2 Å². The van der Waals surface area contributed by atoms with Crippen LogP contribution in [-0.4, -0.2) is 37.3 Å². The minimum Gasteiger partial charge on any atom is -0.465 e. The number of amides is 1. The summed E-state index contributed by atoms with van der Waals surface area (Å²) in [6.07, 6.45) is 2.07. The van der Waals surface area contributed by atoms with Gasteiger partial charge >= 0.3 is 11.9 Å². The van der Waals surface area contributed by atoms with Gasteiger partial charge in [-0.1, -0.05) is 58.4 Å². The van der Waals surface area contributed by atoms with Crippen LogP contribution in [0.4, 0.5) is 5.00 Å². The van der Waals surface area contributed by atoms with Crippen LogP contribution < -0.4 is 5.32 Å². The van der Waals surface area contributed by atoms with Crippen LogP contribution in [0.1, 0.15) is 61.9 Å². The lowest BCUT2D eigenvalue weighted by atomic mass is 9.83. The fourth-order valence-corrected chi connectivity index (χ4v) is 5.94. The summed E-state index contributed by atoms with van der Waals surface area (Å²) < 4.78 is 10.9. The van der Waals surface area contributed by atoms with Crippen LogP contribution in [0.5, 0.6) is 0 Å². The maximum absolute atomic E-state index is 12.6. The normalized spacial score (nSPS) is 14.4. The number of halogens is 1. The fraction of sp³-hybridized carbons (Fsp3) is 0.286. The zero-order valence-electron chi connectivity index (χ0n) is 20.3. The highest BCUT2D eigenvalue weighted by Crippen LogP contribution is 2.42. The molecule has 1 N–H and O–H groups in total. The van der Waals surface area contributed by atoms with Crippen LogP contribution in [0.25, 0.3) is 0 Å². The van der Waals surface area contributed by atoms with Gasteiger partial charge in [-0.25, -0.2) is 4.79 Å². The Morgan fingerprint density at radius 2 is 1.76 bits per heavy atom. The molecule has 0 radical (unpaired) electrons. The minimum atomic E-state index is -0.648. The van der Waals surface area contributed by atoms with Crippen LogP contribution in [0.3, 0.4) is 0 Å². The van der Waals surface area contributed by atoms with E-state index in [2.05, 4.69) is 33.4 Å². The molecule has 1 aliphatic carbocycles. The molecule has 1 aromatic heterocycles. The molecule has 192 valence electrons. The average Bonchev–Trinajstić information content (AvgIpc) is 3.27. The molecule has 3 aromatic rings. The molecule has 7 nitrogen and oxygen atoms in total. The number of benzene rings is 2. The number of carbonyl (C=O) groups excluding carboxylic acids is 4. The van der Waals surface area contributed by atoms with Crippen LogP contribution >= 0.6 is 27.3 Å². The summed E-state index contributed by atoms with van der Waals surface area (Å²) in [6, 6.07) is 17.0. The third-order valence-corrected chi connectivity index (χ3v) is 7.96. The Morgan fingerprint density at radius 1 is 1.03 bits per heavy atom. The predicted octanol–water partition coefficient (Wildman–Crippen LogP) is 5.71. The van der Waals surface area contributed by atoms with Gasteiger partial charge in [0.05, 0.1) is 19.1 Å². The molecule has 0 bridgehead atoms. The number of carbonyl (C=O) groups is 4. The first-order chi connectivity index (χ1) is 17.9. The summed E-state index contributed by atoms with van der Waals surface area (Å²) in [5.74, 6) is -1.54. The van der Waals surface area contributed by atoms with E-state index in [9.17, 15) is 19.2 Å². The van der Waals surface area contributed by atoms with Crippen molar-refractivity contribution in [3.63, 3.8) is 0 Å². The first kappa shape index (κ1) is 26.8. The third-order valence-electron chi connectivity index (χ3n) is 6.27. The second kappa shape index (κ2) is 12.3. The van der Waals surface area contributed by atoms with Crippen LogP contribution in [0.2, 0.25) is 0 Å². The number of hydrogen-bond acceptors (Lipinski definition) is 7. The highest BCUT2D eigenvalue weighted by molar-refractivity contribution is 9.10. The first-order valence-electron chi connectivity index (χ1n) is 11.9. The van der Waals surface area contributed by atoms with Gasteiger partial charge < -0.3 is 14.8 Å². The largest absolute Gasteiger partial charge is 0.465 e. The monoisotopic (exact) mass is 583 g/mol. The number of nitrogens with one attached hydrogen (secondary N) is 1. The van der Waals surface area contributed by atoms with Crippen molar-refractivity contribution in [1.82, 2.24) is 0 Å². The molecule has 2 aromatic carbocycles. The number of rotatable bonds is 9. The van der Waals surface area contributed by atoms with Crippen molar-refractivity contribution in [2.75, 3.05) is 19.0 Å². The Labute approximate surface area is 227 Å². The Bertz CT molecular complexity index is 1300. The molecule has 0 unspecified atom stereocenters. The average molecular weight is 584 g/mol. The minimum absolute atomic E-state index is 0.138. The lowest BCUT2D eigenvalue weighted by Gasteiger charge is -2.22. The molecule has 1 aliphatic rings. The molecule has 1 amide bonds. The van der Waals surface area contributed by atoms with Gasteiger partial charge in [-0.05, 0) is 48.4 Å². The smallest absolute Gasteiger partial charge is 0.341 e. The Kier molecular flexibility index (Phi) is 8.89. The second-order valence-electron chi connectivity index (χ2n) is 8.69. The summed E-state index contributed by atoms with van der Waals surface area (Å²) in [5, 5.41) is 3.23. The molecule has 1 heterocycles. The summed E-state index contributed by atoms with van der Waals surface area (Å²) in [6.45, 7) is -0.394. The summed E-state index contributed by atoms with van der Waals surface area (Å²) in [4.78, 5) is 50.5. The van der Waals surface area contributed by atoms with Crippen LogP contribution in [0.15, 0.2) is 59.1 Å². The lowest BCUT2D eigenvalue weighted by molar-refractivity contribution is -0.143. The van der Waals surface area contributed by atoms with E-state index in [-0.39, 0.29) is 18.6 Å². The standard InChI is InChI=1S/C28H26BrNO6S/c1-35-28(34)26-21-12-9-19(17-5-3-2-4-6-17)15-23(21)37-27(26)30-24(32)13-14-25(33)36-16-22(31)18-7-10-20(29)11-8-18/h2-8,10-11,19H,9,12-16H2,1H3,(H,30,32)/t19-/m1/s1. The molecular formula is C28H26BrNO6S. The molecule has 9 heteroatoms. The number of esters is 2. The topological polar surface area (TPSA) is 98.8 Å². The Balaban J connectivity index is 1.35. The van der Waals surface area contributed by atoms with Gasteiger partial charge in [0.2, 0.25) is 5.91 Å². The summed E-state index contributed by atoms with van der Waals surface area (Å²) in [7, 11) is 1.32. The van der Waals surface area contributed by atoms with E-state index >= 15 is 0 Å². The van der Waals surface area contributed by atoms with Crippen molar-refractivity contribution in [3.8, 4) is 0 Å². The van der Waals surface area contributed by atoms with E-state index < -0.39 is 24.5 Å². The van der Waals surface area contributed by atoms with Crippen LogP contribution in [0, 0.1) is 0 Å². The third kappa shape index (κ3) is 6.72. The van der Waals surface area contributed by atoms with Crippen molar-refractivity contribution >= 4 is 55.9 Å². The van der Waals surface area contributed by atoms with Crippen LogP contribution in [-0.2, 0) is 31.9 Å². The highest BCUT2D eigenvalue weighted by Gasteiger charge is 2.30. The number of Topliss-reactive ketones (excluding diaryl/α,β-unsaturated/α-hetero) is 1. The number of methoxy groups -OCH3 is 1. The number of ether oxygens (including phenoxy) is 2. The molecule has 1 atom stereocenters. The maximum atomic E-state index is 12.6. The SMILES string of the molecule is COC(=O)c1c(NC(=O)CCC(=O)OCC(=O)c2ccc(Br)cc2)sc2c1CC[C@@H](c1ccccc1)C2. The highest BCUT2D eigenvalue weighted by atomic mass is 79.9. The summed E-state index contributed by atoms with van der Waals surface area (Å²) in [5.41, 5.74) is 3.00. The van der Waals surface area contributed by atoms with Gasteiger partial charge in [-0.3, -0.25) is 14.4 Å². The van der Waals surface area contributed by atoms with E-state index in [1.54, 1.807) is 24.3 Å². The molecule has 0 fully saturated rings. The molecule has 0 spiro atoms. The van der Waals surface area contributed by atoms with E-state index in [0.717, 1.165) is 27.8 Å². The van der Waals surface area contributed by atoms with Gasteiger partial charge in [0.15, 0.2) is 12.4 Å². The van der Waals surface area contributed by atoms with E-state index in [4.69, 9.17) is 9.47 Å². The fourth-order valence-electron chi connectivity index (χ4n) is 4.34. The lowest BCUT2D eigenvalue weighted by Crippen LogP contribution is -2.18. The quantitative estimate of drug-likeness (QED) is 0.256. The molecular weight excluding hydrogens is 558 g/mol. The zero-order chi connectivity index (χ0) is 26.4. The van der Waals surface area contributed by atoms with Gasteiger partial charge in [0, 0.05) is 21.3 Å². The molecule has 37 heavy (non-hydrogen) atoms. The van der Waals surface area contributed by atoms with Crippen molar-refractivity contribution < 1.29 is 28.7 Å². The van der Waals surface area contributed by atoms with Gasteiger partial charge in [0.25, 0.3) is 0 Å².